The molecule has 0 fully saturated rings. The molecule has 1 unspecified atom stereocenters. The molecule has 0 aromatic heterocycles. The Bertz CT molecular complexity index is 463. The van der Waals surface area contributed by atoms with Crippen LogP contribution in [0.15, 0.2) is 24.3 Å². The number of benzene rings is 1. The fourth-order valence-electron chi connectivity index (χ4n) is 1.73. The minimum atomic E-state index is -0.101. The second-order valence-electron chi connectivity index (χ2n) is 4.87. The molecule has 0 radical (unpaired) electrons. The first-order valence-corrected chi connectivity index (χ1v) is 7.26. The molecule has 0 aliphatic rings. The van der Waals surface area contributed by atoms with E-state index in [1.54, 1.807) is 24.3 Å². The number of amides is 1. The van der Waals surface area contributed by atoms with Gasteiger partial charge < -0.3 is 15.4 Å². The third-order valence-electron chi connectivity index (χ3n) is 3.16. The average Bonchev–Trinajstić information content (AvgIpc) is 2.51. The highest BCUT2D eigenvalue weighted by Crippen LogP contribution is 2.13. The quantitative estimate of drug-likeness (QED) is 0.682. The Balaban J connectivity index is 0.00000441. The maximum Gasteiger partial charge on any atom is 0.220 e. The molecule has 6 heteroatoms. The van der Waals surface area contributed by atoms with Gasteiger partial charge in [0.05, 0.1) is 6.61 Å². The van der Waals surface area contributed by atoms with Gasteiger partial charge in [0.1, 0.15) is 5.75 Å². The summed E-state index contributed by atoms with van der Waals surface area (Å²) in [5.74, 6) is 0.610. The highest BCUT2D eigenvalue weighted by molar-refractivity contribution is 5.98. The van der Waals surface area contributed by atoms with Crippen molar-refractivity contribution < 1.29 is 14.3 Å². The van der Waals surface area contributed by atoms with Gasteiger partial charge in [-0.1, -0.05) is 0 Å². The van der Waals surface area contributed by atoms with Crippen molar-refractivity contribution in [2.45, 2.75) is 32.7 Å². The predicted molar refractivity (Wildman–Crippen MR) is 90.0 cm³/mol. The summed E-state index contributed by atoms with van der Waals surface area (Å²) >= 11 is 0. The average molecular weight is 329 g/mol. The standard InChI is InChI=1S/C16H24N2O3.ClH/c1-4-21-14-7-5-13(6-8-14)15(19)9-10-16(20)18-11-12(2)17-3;/h5-8,12,17H,4,9-11H2,1-3H3,(H,18,20);1H. The summed E-state index contributed by atoms with van der Waals surface area (Å²) in [6.45, 7) is 5.04. The molecule has 1 rings (SSSR count). The van der Waals surface area contributed by atoms with Crippen molar-refractivity contribution in [3.63, 3.8) is 0 Å². The van der Waals surface area contributed by atoms with Gasteiger partial charge in [-0.3, -0.25) is 9.59 Å². The normalized spacial score (nSPS) is 11.2. The molecule has 1 aromatic carbocycles. The van der Waals surface area contributed by atoms with Crippen molar-refractivity contribution in [3.05, 3.63) is 29.8 Å². The van der Waals surface area contributed by atoms with Crippen LogP contribution in [0.2, 0.25) is 0 Å². The van der Waals surface area contributed by atoms with Crippen LogP contribution in [0.4, 0.5) is 0 Å². The third kappa shape index (κ3) is 7.43. The lowest BCUT2D eigenvalue weighted by atomic mass is 10.1. The fourth-order valence-corrected chi connectivity index (χ4v) is 1.73. The van der Waals surface area contributed by atoms with E-state index in [2.05, 4.69) is 10.6 Å². The van der Waals surface area contributed by atoms with Crippen LogP contribution in [0, 0.1) is 0 Å². The Morgan fingerprint density at radius 3 is 2.36 bits per heavy atom. The van der Waals surface area contributed by atoms with Crippen molar-refractivity contribution >= 4 is 24.1 Å². The maximum atomic E-state index is 12.0. The number of halogens is 1. The van der Waals surface area contributed by atoms with Crippen LogP contribution in [-0.2, 0) is 4.79 Å². The van der Waals surface area contributed by atoms with E-state index in [9.17, 15) is 9.59 Å². The van der Waals surface area contributed by atoms with E-state index in [-0.39, 0.29) is 43.0 Å². The molecule has 0 saturated carbocycles. The van der Waals surface area contributed by atoms with Crippen LogP contribution in [0.25, 0.3) is 0 Å². The molecule has 22 heavy (non-hydrogen) atoms. The minimum Gasteiger partial charge on any atom is -0.494 e. The molecule has 0 heterocycles. The van der Waals surface area contributed by atoms with Gasteiger partial charge in [-0.25, -0.2) is 0 Å². The van der Waals surface area contributed by atoms with E-state index in [1.807, 2.05) is 20.9 Å². The first-order valence-electron chi connectivity index (χ1n) is 7.26. The molecule has 0 bridgehead atoms. The lowest BCUT2D eigenvalue weighted by Gasteiger charge is -2.11. The number of hydrogen-bond acceptors (Lipinski definition) is 4. The van der Waals surface area contributed by atoms with Gasteiger partial charge in [0.25, 0.3) is 0 Å². The van der Waals surface area contributed by atoms with E-state index in [0.29, 0.717) is 18.7 Å². The molecule has 0 spiro atoms. The van der Waals surface area contributed by atoms with Crippen LogP contribution >= 0.6 is 12.4 Å². The van der Waals surface area contributed by atoms with Crippen LogP contribution in [0.5, 0.6) is 5.75 Å². The molecule has 5 nitrogen and oxygen atoms in total. The second-order valence-corrected chi connectivity index (χ2v) is 4.87. The van der Waals surface area contributed by atoms with E-state index >= 15 is 0 Å². The van der Waals surface area contributed by atoms with Crippen LogP contribution in [0.1, 0.15) is 37.0 Å². The van der Waals surface area contributed by atoms with Gasteiger partial charge in [0.15, 0.2) is 5.78 Å². The Kier molecular flexibility index (Phi) is 10.2. The third-order valence-corrected chi connectivity index (χ3v) is 3.16. The monoisotopic (exact) mass is 328 g/mol. The fraction of sp³-hybridized carbons (Fsp3) is 0.500. The molecule has 2 N–H and O–H groups in total. The molecule has 124 valence electrons. The highest BCUT2D eigenvalue weighted by atomic mass is 35.5. The zero-order valence-corrected chi connectivity index (χ0v) is 14.2. The topological polar surface area (TPSA) is 67.4 Å². The van der Waals surface area contributed by atoms with Gasteiger partial charge in [0.2, 0.25) is 5.91 Å². The summed E-state index contributed by atoms with van der Waals surface area (Å²) in [5.41, 5.74) is 0.606. The Hall–Kier alpha value is -1.59. The second kappa shape index (κ2) is 11.0. The number of hydrogen-bond donors (Lipinski definition) is 2. The molecule has 0 aliphatic heterocycles. The largest absolute Gasteiger partial charge is 0.494 e. The van der Waals surface area contributed by atoms with Gasteiger partial charge in [0, 0.05) is 31.0 Å². The minimum absolute atomic E-state index is 0. The highest BCUT2D eigenvalue weighted by Gasteiger charge is 2.10. The number of rotatable bonds is 9. The van der Waals surface area contributed by atoms with Gasteiger partial charge in [-0.15, -0.1) is 12.4 Å². The molecule has 0 aliphatic carbocycles. The molecular weight excluding hydrogens is 304 g/mol. The predicted octanol–water partition coefficient (Wildman–Crippen LogP) is 2.19. The number of Topliss-reactive ketones (excluding diaryl/α,β-unsaturated/α-hetero) is 1. The summed E-state index contributed by atoms with van der Waals surface area (Å²) in [6.07, 6.45) is 0.427. The summed E-state index contributed by atoms with van der Waals surface area (Å²) in [7, 11) is 1.84. The number of carbonyl (C=O) groups excluding carboxylic acids is 2. The number of ether oxygens (including phenoxy) is 1. The number of ketones is 1. The van der Waals surface area contributed by atoms with Gasteiger partial charge in [-0.2, -0.15) is 0 Å². The van der Waals surface area contributed by atoms with E-state index < -0.39 is 0 Å². The Morgan fingerprint density at radius 2 is 1.82 bits per heavy atom. The molecule has 1 aromatic rings. The summed E-state index contributed by atoms with van der Waals surface area (Å²) < 4.78 is 5.32. The first kappa shape index (κ1) is 20.4. The lowest BCUT2D eigenvalue weighted by molar-refractivity contribution is -0.121. The number of carbonyl (C=O) groups is 2. The van der Waals surface area contributed by atoms with Crippen molar-refractivity contribution in [1.82, 2.24) is 10.6 Å². The molecule has 1 amide bonds. The van der Waals surface area contributed by atoms with Crippen LogP contribution in [0.3, 0.4) is 0 Å². The van der Waals surface area contributed by atoms with E-state index in [1.165, 1.54) is 0 Å². The zero-order valence-electron chi connectivity index (χ0n) is 13.3. The zero-order chi connectivity index (χ0) is 15.7. The van der Waals surface area contributed by atoms with Gasteiger partial charge in [-0.05, 0) is 45.2 Å². The van der Waals surface area contributed by atoms with E-state index in [0.717, 1.165) is 5.75 Å². The maximum absolute atomic E-state index is 12.0. The summed E-state index contributed by atoms with van der Waals surface area (Å²) in [6, 6.07) is 7.22. The smallest absolute Gasteiger partial charge is 0.220 e. The van der Waals surface area contributed by atoms with Crippen LogP contribution < -0.4 is 15.4 Å². The molecule has 1 atom stereocenters. The van der Waals surface area contributed by atoms with Crippen molar-refractivity contribution in [3.8, 4) is 5.75 Å². The number of likely N-dealkylation sites (N-methyl/N-ethyl adjacent to an activating group) is 1. The van der Waals surface area contributed by atoms with Crippen LogP contribution in [-0.4, -0.2) is 37.9 Å². The first-order chi connectivity index (χ1) is 10.1. The summed E-state index contributed by atoms with van der Waals surface area (Å²) in [4.78, 5) is 23.6. The lowest BCUT2D eigenvalue weighted by Crippen LogP contribution is -2.37. The van der Waals surface area contributed by atoms with Crippen molar-refractivity contribution in [2.75, 3.05) is 20.2 Å². The number of nitrogens with one attached hydrogen (secondary N) is 2. The molecule has 0 saturated heterocycles. The van der Waals surface area contributed by atoms with E-state index in [4.69, 9.17) is 4.74 Å². The molecular formula is C16H25ClN2O3. The SMILES string of the molecule is CCOc1ccc(C(=O)CCC(=O)NCC(C)NC)cc1.Cl. The van der Waals surface area contributed by atoms with Gasteiger partial charge >= 0.3 is 0 Å². The Morgan fingerprint density at radius 1 is 1.18 bits per heavy atom. The van der Waals surface area contributed by atoms with Crippen molar-refractivity contribution in [1.29, 1.82) is 0 Å². The Labute approximate surface area is 138 Å². The summed E-state index contributed by atoms with van der Waals surface area (Å²) in [5, 5.41) is 5.83. The van der Waals surface area contributed by atoms with Crippen molar-refractivity contribution in [2.24, 2.45) is 0 Å².